The summed E-state index contributed by atoms with van der Waals surface area (Å²) in [5, 5.41) is 0. The summed E-state index contributed by atoms with van der Waals surface area (Å²) < 4.78 is 11.0. The molecule has 3 heteroatoms. The van der Waals surface area contributed by atoms with Crippen LogP contribution in [0.2, 0.25) is 0 Å². The van der Waals surface area contributed by atoms with Crippen LogP contribution in [0.3, 0.4) is 0 Å². The number of para-hydroxylation sites is 2. The molecule has 0 radical (unpaired) electrons. The summed E-state index contributed by atoms with van der Waals surface area (Å²) in [5.41, 5.74) is 2.21. The lowest BCUT2D eigenvalue weighted by Gasteiger charge is -2.13. The Kier molecular flexibility index (Phi) is 4.39. The summed E-state index contributed by atoms with van der Waals surface area (Å²) in [6.45, 7) is 0. The number of methoxy groups -OCH3 is 1. The van der Waals surface area contributed by atoms with E-state index in [1.807, 2.05) is 60.7 Å². The van der Waals surface area contributed by atoms with E-state index in [1.165, 1.54) is 0 Å². The molecule has 114 valence electrons. The summed E-state index contributed by atoms with van der Waals surface area (Å²) in [4.78, 5) is 12.3. The lowest BCUT2D eigenvalue weighted by molar-refractivity contribution is 0.0735. The Labute approximate surface area is 135 Å². The van der Waals surface area contributed by atoms with E-state index in [9.17, 15) is 4.79 Å². The quantitative estimate of drug-likeness (QED) is 0.523. The fraction of sp³-hybridized carbons (Fsp3) is 0.0500. The highest BCUT2D eigenvalue weighted by Gasteiger charge is 2.14. The van der Waals surface area contributed by atoms with Gasteiger partial charge in [-0.1, -0.05) is 54.6 Å². The van der Waals surface area contributed by atoms with E-state index in [1.54, 1.807) is 25.3 Å². The molecule has 3 rings (SSSR count). The average molecular weight is 304 g/mol. The number of ether oxygens (including phenoxy) is 2. The third kappa shape index (κ3) is 3.24. The van der Waals surface area contributed by atoms with E-state index in [4.69, 9.17) is 9.47 Å². The predicted octanol–water partition coefficient (Wildman–Crippen LogP) is 4.58. The van der Waals surface area contributed by atoms with Gasteiger partial charge < -0.3 is 9.47 Å². The van der Waals surface area contributed by atoms with Gasteiger partial charge in [0.15, 0.2) is 0 Å². The van der Waals surface area contributed by atoms with Crippen LogP contribution in [-0.4, -0.2) is 13.1 Å². The van der Waals surface area contributed by atoms with Crippen molar-refractivity contribution in [2.24, 2.45) is 0 Å². The van der Waals surface area contributed by atoms with Crippen molar-refractivity contribution in [2.45, 2.75) is 0 Å². The zero-order chi connectivity index (χ0) is 16.1. The zero-order valence-electron chi connectivity index (χ0n) is 12.7. The van der Waals surface area contributed by atoms with E-state index >= 15 is 0 Å². The van der Waals surface area contributed by atoms with Crippen molar-refractivity contribution < 1.29 is 14.3 Å². The van der Waals surface area contributed by atoms with Crippen LogP contribution >= 0.6 is 0 Å². The number of hydrogen-bond donors (Lipinski definition) is 0. The Morgan fingerprint density at radius 2 is 1.22 bits per heavy atom. The number of benzene rings is 3. The van der Waals surface area contributed by atoms with Gasteiger partial charge in [0.25, 0.3) is 0 Å². The molecule has 3 aromatic carbocycles. The third-order valence-corrected chi connectivity index (χ3v) is 3.50. The van der Waals surface area contributed by atoms with Crippen LogP contribution in [0.25, 0.3) is 11.1 Å². The van der Waals surface area contributed by atoms with Gasteiger partial charge in [-0.15, -0.1) is 0 Å². The molecule has 0 spiro atoms. The zero-order valence-corrected chi connectivity index (χ0v) is 12.7. The second-order valence-corrected chi connectivity index (χ2v) is 4.95. The van der Waals surface area contributed by atoms with Crippen LogP contribution < -0.4 is 9.47 Å². The number of carbonyl (C=O) groups is 1. The van der Waals surface area contributed by atoms with Gasteiger partial charge in [-0.05, 0) is 24.3 Å². The Morgan fingerprint density at radius 3 is 1.87 bits per heavy atom. The highest BCUT2D eigenvalue weighted by Crippen LogP contribution is 2.36. The maximum atomic E-state index is 12.3. The largest absolute Gasteiger partial charge is 0.496 e. The summed E-state index contributed by atoms with van der Waals surface area (Å²) in [7, 11) is 1.62. The SMILES string of the molecule is COc1ccccc1-c1ccccc1OC(=O)c1ccccc1. The first kappa shape index (κ1) is 14.9. The van der Waals surface area contributed by atoms with Crippen molar-refractivity contribution in [1.82, 2.24) is 0 Å². The molecule has 0 aliphatic heterocycles. The molecule has 0 saturated heterocycles. The molecule has 0 aliphatic carbocycles. The molecule has 0 amide bonds. The van der Waals surface area contributed by atoms with Gasteiger partial charge in [-0.25, -0.2) is 4.79 Å². The van der Waals surface area contributed by atoms with Gasteiger partial charge in [0.1, 0.15) is 11.5 Å². The minimum absolute atomic E-state index is 0.382. The van der Waals surface area contributed by atoms with Crippen molar-refractivity contribution in [2.75, 3.05) is 7.11 Å². The first-order valence-corrected chi connectivity index (χ1v) is 7.29. The smallest absolute Gasteiger partial charge is 0.343 e. The number of rotatable bonds is 4. The molecule has 0 N–H and O–H groups in total. The molecule has 0 saturated carbocycles. The minimum atomic E-state index is -0.382. The van der Waals surface area contributed by atoms with Crippen molar-refractivity contribution >= 4 is 5.97 Å². The predicted molar refractivity (Wildman–Crippen MR) is 89.8 cm³/mol. The molecule has 0 bridgehead atoms. The Bertz CT molecular complexity index is 810. The molecular weight excluding hydrogens is 288 g/mol. The fourth-order valence-corrected chi connectivity index (χ4v) is 2.38. The number of carbonyl (C=O) groups excluding carboxylic acids is 1. The van der Waals surface area contributed by atoms with Crippen LogP contribution in [0.1, 0.15) is 10.4 Å². The van der Waals surface area contributed by atoms with Gasteiger partial charge >= 0.3 is 5.97 Å². The van der Waals surface area contributed by atoms with Crippen molar-refractivity contribution in [3.63, 3.8) is 0 Å². The number of esters is 1. The summed E-state index contributed by atoms with van der Waals surface area (Å²) in [5.74, 6) is 0.856. The maximum absolute atomic E-state index is 12.3. The minimum Gasteiger partial charge on any atom is -0.496 e. The van der Waals surface area contributed by atoms with E-state index in [2.05, 4.69) is 0 Å². The fourth-order valence-electron chi connectivity index (χ4n) is 2.38. The van der Waals surface area contributed by atoms with Gasteiger partial charge in [0, 0.05) is 11.1 Å². The molecule has 23 heavy (non-hydrogen) atoms. The van der Waals surface area contributed by atoms with Gasteiger partial charge in [-0.2, -0.15) is 0 Å². The summed E-state index contributed by atoms with van der Waals surface area (Å²) in [6.07, 6.45) is 0. The topological polar surface area (TPSA) is 35.5 Å². The molecule has 0 atom stereocenters. The second kappa shape index (κ2) is 6.79. The van der Waals surface area contributed by atoms with Crippen LogP contribution in [0.15, 0.2) is 78.9 Å². The molecule has 0 unspecified atom stereocenters. The molecular formula is C20H16O3. The Balaban J connectivity index is 1.97. The summed E-state index contributed by atoms with van der Waals surface area (Å²) in [6, 6.07) is 24.0. The van der Waals surface area contributed by atoms with Crippen LogP contribution in [0.4, 0.5) is 0 Å². The highest BCUT2D eigenvalue weighted by atomic mass is 16.5. The molecule has 0 aromatic heterocycles. The lowest BCUT2D eigenvalue weighted by Crippen LogP contribution is -2.08. The molecule has 0 aliphatic rings. The second-order valence-electron chi connectivity index (χ2n) is 4.95. The van der Waals surface area contributed by atoms with Gasteiger partial charge in [0.05, 0.1) is 12.7 Å². The van der Waals surface area contributed by atoms with E-state index in [-0.39, 0.29) is 5.97 Å². The van der Waals surface area contributed by atoms with Crippen molar-refractivity contribution in [1.29, 1.82) is 0 Å². The molecule has 3 aromatic rings. The van der Waals surface area contributed by atoms with Crippen LogP contribution in [0, 0.1) is 0 Å². The molecule has 3 nitrogen and oxygen atoms in total. The summed E-state index contributed by atoms with van der Waals surface area (Å²) >= 11 is 0. The van der Waals surface area contributed by atoms with Gasteiger partial charge in [0.2, 0.25) is 0 Å². The normalized spacial score (nSPS) is 10.1. The maximum Gasteiger partial charge on any atom is 0.343 e. The van der Waals surface area contributed by atoms with E-state index in [0.717, 1.165) is 16.9 Å². The third-order valence-electron chi connectivity index (χ3n) is 3.50. The Morgan fingerprint density at radius 1 is 0.696 bits per heavy atom. The average Bonchev–Trinajstić information content (AvgIpc) is 2.63. The number of hydrogen-bond acceptors (Lipinski definition) is 3. The first-order valence-electron chi connectivity index (χ1n) is 7.29. The lowest BCUT2D eigenvalue weighted by atomic mass is 10.0. The standard InChI is InChI=1S/C20H16O3/c1-22-18-13-7-5-11-16(18)17-12-6-8-14-19(17)23-20(21)15-9-3-2-4-10-15/h2-14H,1H3. The van der Waals surface area contributed by atoms with E-state index in [0.29, 0.717) is 11.3 Å². The van der Waals surface area contributed by atoms with Crippen molar-refractivity contribution in [3.05, 3.63) is 84.4 Å². The van der Waals surface area contributed by atoms with Gasteiger partial charge in [-0.3, -0.25) is 0 Å². The molecule has 0 fully saturated rings. The van der Waals surface area contributed by atoms with Crippen LogP contribution in [-0.2, 0) is 0 Å². The highest BCUT2D eigenvalue weighted by molar-refractivity contribution is 5.92. The first-order chi connectivity index (χ1) is 11.3. The van der Waals surface area contributed by atoms with E-state index < -0.39 is 0 Å². The van der Waals surface area contributed by atoms with Crippen LogP contribution in [0.5, 0.6) is 11.5 Å². The van der Waals surface area contributed by atoms with Crippen molar-refractivity contribution in [3.8, 4) is 22.6 Å². The Hall–Kier alpha value is -3.07. The monoisotopic (exact) mass is 304 g/mol. The molecule has 0 heterocycles.